The van der Waals surface area contributed by atoms with Crippen LogP contribution in [0.25, 0.3) is 0 Å². The second-order valence-electron chi connectivity index (χ2n) is 7.17. The SMILES string of the molecule is CC(C)NC(=O)O[C@H](C)[C@H]1C(=O)N2C(C(=O)OCc3ccc([N+](=O)[O-])cc3)=CS[C@@H]12. The third-order valence-corrected chi connectivity index (χ3v) is 5.74. The van der Waals surface area contributed by atoms with Crippen molar-refractivity contribution in [3.63, 3.8) is 0 Å². The van der Waals surface area contributed by atoms with Gasteiger partial charge in [-0.05, 0) is 38.5 Å². The summed E-state index contributed by atoms with van der Waals surface area (Å²) < 4.78 is 10.5. The molecule has 30 heavy (non-hydrogen) atoms. The van der Waals surface area contributed by atoms with Crippen molar-refractivity contribution in [2.24, 2.45) is 5.92 Å². The molecule has 3 rings (SSSR count). The average molecular weight is 435 g/mol. The molecule has 0 aromatic heterocycles. The van der Waals surface area contributed by atoms with Crippen molar-refractivity contribution >= 4 is 35.4 Å². The molecule has 2 aliphatic rings. The number of thioether (sulfide) groups is 1. The standard InChI is InChI=1S/C19H21N3O7S/c1-10(2)20-19(25)29-11(3)15-16(23)21-14(9-30-17(15)21)18(24)28-8-12-4-6-13(7-5-12)22(26)27/h4-7,9-11,15,17H,8H2,1-3H3,(H,20,25)/t11-,15+,17+/m1/s1. The number of β-lactam (4-membered cyclic amide) rings is 1. The monoisotopic (exact) mass is 435 g/mol. The summed E-state index contributed by atoms with van der Waals surface area (Å²) in [6.07, 6.45) is -1.24. The van der Waals surface area contributed by atoms with Crippen molar-refractivity contribution in [3.05, 3.63) is 51.0 Å². The molecule has 2 aliphatic heterocycles. The van der Waals surface area contributed by atoms with Crippen molar-refractivity contribution in [1.82, 2.24) is 10.2 Å². The number of carbonyl (C=O) groups excluding carboxylic acids is 3. The number of alkyl carbamates (subject to hydrolysis) is 1. The summed E-state index contributed by atoms with van der Waals surface area (Å²) >= 11 is 1.29. The van der Waals surface area contributed by atoms with Crippen molar-refractivity contribution < 1.29 is 28.8 Å². The number of ether oxygens (including phenoxy) is 2. The fraction of sp³-hybridized carbons (Fsp3) is 0.421. The molecule has 1 aromatic carbocycles. The van der Waals surface area contributed by atoms with Gasteiger partial charge in [0, 0.05) is 23.6 Å². The summed E-state index contributed by atoms with van der Waals surface area (Å²) in [5, 5.41) is 14.5. The fourth-order valence-corrected chi connectivity index (χ4v) is 4.43. The van der Waals surface area contributed by atoms with Crippen LogP contribution in [0.3, 0.4) is 0 Å². The summed E-state index contributed by atoms with van der Waals surface area (Å²) in [7, 11) is 0. The number of hydrogen-bond acceptors (Lipinski definition) is 8. The van der Waals surface area contributed by atoms with Gasteiger partial charge in [0.2, 0.25) is 5.91 Å². The summed E-state index contributed by atoms with van der Waals surface area (Å²) in [6, 6.07) is 5.56. The molecule has 0 saturated carbocycles. The van der Waals surface area contributed by atoms with E-state index in [1.807, 2.05) is 0 Å². The zero-order valence-electron chi connectivity index (χ0n) is 16.6. The lowest BCUT2D eigenvalue weighted by molar-refractivity contribution is -0.384. The quantitative estimate of drug-likeness (QED) is 0.299. The first kappa shape index (κ1) is 21.6. The van der Waals surface area contributed by atoms with Gasteiger partial charge in [-0.1, -0.05) is 0 Å². The number of hydrogen-bond donors (Lipinski definition) is 1. The van der Waals surface area contributed by atoms with E-state index in [9.17, 15) is 24.5 Å². The zero-order chi connectivity index (χ0) is 22.0. The Balaban J connectivity index is 1.53. The number of nitro benzene ring substituents is 1. The van der Waals surface area contributed by atoms with Gasteiger partial charge in [-0.25, -0.2) is 9.59 Å². The summed E-state index contributed by atoms with van der Waals surface area (Å²) in [5.41, 5.74) is 0.660. The molecule has 3 atom stereocenters. The van der Waals surface area contributed by atoms with Crippen molar-refractivity contribution in [2.75, 3.05) is 0 Å². The molecule has 0 spiro atoms. The van der Waals surface area contributed by atoms with Gasteiger partial charge in [-0.15, -0.1) is 11.8 Å². The van der Waals surface area contributed by atoms with Gasteiger partial charge in [-0.3, -0.25) is 19.8 Å². The number of fused-ring (bicyclic) bond motifs is 1. The lowest BCUT2D eigenvalue weighted by atomic mass is 9.92. The summed E-state index contributed by atoms with van der Waals surface area (Å²) in [5.74, 6) is -1.53. The largest absolute Gasteiger partial charge is 0.456 e. The molecule has 1 saturated heterocycles. The maximum Gasteiger partial charge on any atom is 0.407 e. The van der Waals surface area contributed by atoms with Gasteiger partial charge < -0.3 is 14.8 Å². The predicted octanol–water partition coefficient (Wildman–Crippen LogP) is 2.53. The number of nitrogens with zero attached hydrogens (tertiary/aromatic N) is 2. The van der Waals surface area contributed by atoms with Crippen molar-refractivity contribution in [2.45, 2.75) is 44.9 Å². The molecule has 0 radical (unpaired) electrons. The number of nitro groups is 1. The molecule has 1 fully saturated rings. The lowest BCUT2D eigenvalue weighted by Gasteiger charge is -2.44. The highest BCUT2D eigenvalue weighted by Crippen LogP contribution is 2.46. The van der Waals surface area contributed by atoms with E-state index >= 15 is 0 Å². The van der Waals surface area contributed by atoms with E-state index in [-0.39, 0.29) is 35.3 Å². The van der Waals surface area contributed by atoms with Gasteiger partial charge >= 0.3 is 12.1 Å². The van der Waals surface area contributed by atoms with Crippen LogP contribution in [0, 0.1) is 16.0 Å². The molecule has 0 unspecified atom stereocenters. The lowest BCUT2D eigenvalue weighted by Crippen LogP contribution is -2.61. The molecule has 0 aliphatic carbocycles. The van der Waals surface area contributed by atoms with E-state index in [1.54, 1.807) is 26.2 Å². The maximum absolute atomic E-state index is 12.6. The van der Waals surface area contributed by atoms with Gasteiger partial charge in [0.05, 0.1) is 4.92 Å². The van der Waals surface area contributed by atoms with E-state index in [4.69, 9.17) is 9.47 Å². The fourth-order valence-electron chi connectivity index (χ4n) is 3.11. The summed E-state index contributed by atoms with van der Waals surface area (Å²) in [4.78, 5) is 48.2. The topological polar surface area (TPSA) is 128 Å². The molecule has 10 nitrogen and oxygen atoms in total. The molecule has 2 heterocycles. The van der Waals surface area contributed by atoms with Crippen molar-refractivity contribution in [3.8, 4) is 0 Å². The van der Waals surface area contributed by atoms with Crippen LogP contribution in [0.5, 0.6) is 0 Å². The van der Waals surface area contributed by atoms with E-state index in [0.717, 1.165) is 0 Å². The Labute approximate surface area is 176 Å². The van der Waals surface area contributed by atoms with E-state index in [1.165, 1.54) is 40.9 Å². The molecule has 11 heteroatoms. The van der Waals surface area contributed by atoms with E-state index in [0.29, 0.717) is 5.56 Å². The van der Waals surface area contributed by atoms with E-state index < -0.39 is 29.0 Å². The summed E-state index contributed by atoms with van der Waals surface area (Å²) in [6.45, 7) is 5.16. The Hall–Kier alpha value is -3.08. The molecule has 2 amide bonds. The first-order chi connectivity index (χ1) is 14.2. The van der Waals surface area contributed by atoms with Crippen LogP contribution in [0.4, 0.5) is 10.5 Å². The number of nitrogens with one attached hydrogen (secondary N) is 1. The van der Waals surface area contributed by atoms with Crippen molar-refractivity contribution in [1.29, 1.82) is 0 Å². The van der Waals surface area contributed by atoms with Crippen LogP contribution in [0.1, 0.15) is 26.3 Å². The Bertz CT molecular complexity index is 900. The van der Waals surface area contributed by atoms with Gasteiger partial charge in [-0.2, -0.15) is 0 Å². The van der Waals surface area contributed by atoms with Crippen LogP contribution < -0.4 is 5.32 Å². The van der Waals surface area contributed by atoms with Crippen LogP contribution in [-0.4, -0.2) is 45.3 Å². The molecule has 160 valence electrons. The molecule has 0 bridgehead atoms. The first-order valence-electron chi connectivity index (χ1n) is 9.25. The minimum absolute atomic E-state index is 0.0570. The molecular weight excluding hydrogens is 414 g/mol. The second kappa shape index (κ2) is 8.74. The highest BCUT2D eigenvalue weighted by atomic mass is 32.2. The van der Waals surface area contributed by atoms with Gasteiger partial charge in [0.25, 0.3) is 5.69 Å². The van der Waals surface area contributed by atoms with Crippen LogP contribution in [0.2, 0.25) is 0 Å². The van der Waals surface area contributed by atoms with Crippen LogP contribution in [-0.2, 0) is 25.7 Å². The number of amides is 2. The van der Waals surface area contributed by atoms with Gasteiger partial charge in [0.15, 0.2) is 0 Å². The van der Waals surface area contributed by atoms with Crippen LogP contribution >= 0.6 is 11.8 Å². The van der Waals surface area contributed by atoms with E-state index in [2.05, 4.69) is 5.32 Å². The number of rotatable bonds is 7. The molecule has 1 N–H and O–H groups in total. The number of benzene rings is 1. The Morgan fingerprint density at radius 2 is 1.93 bits per heavy atom. The normalized spacial score (nSPS) is 20.7. The zero-order valence-corrected chi connectivity index (χ0v) is 17.4. The minimum Gasteiger partial charge on any atom is -0.456 e. The van der Waals surface area contributed by atoms with Gasteiger partial charge in [0.1, 0.15) is 29.7 Å². The maximum atomic E-state index is 12.6. The Morgan fingerprint density at radius 1 is 1.27 bits per heavy atom. The third kappa shape index (κ3) is 4.40. The smallest absolute Gasteiger partial charge is 0.407 e. The highest BCUT2D eigenvalue weighted by molar-refractivity contribution is 8.03. The molecule has 1 aromatic rings. The molecular formula is C19H21N3O7S. The Kier molecular flexibility index (Phi) is 6.30. The predicted molar refractivity (Wildman–Crippen MR) is 107 cm³/mol. The average Bonchev–Trinajstić information content (AvgIpc) is 3.05. The van der Waals surface area contributed by atoms with Crippen LogP contribution in [0.15, 0.2) is 35.4 Å². The minimum atomic E-state index is -0.665. The highest BCUT2D eigenvalue weighted by Gasteiger charge is 2.56. The number of esters is 1. The number of non-ortho nitro benzene ring substituents is 1. The first-order valence-corrected chi connectivity index (χ1v) is 10.2. The number of carbonyl (C=O) groups is 3. The third-order valence-electron chi connectivity index (χ3n) is 4.59. The Morgan fingerprint density at radius 3 is 2.53 bits per heavy atom. The second-order valence-corrected chi connectivity index (χ2v) is 8.16.